The number of alkyl halides is 3. The zero-order chi connectivity index (χ0) is 14.0. The van der Waals surface area contributed by atoms with Gasteiger partial charge < -0.3 is 0 Å². The lowest BCUT2D eigenvalue weighted by Crippen LogP contribution is -2.23. The second-order valence-electron chi connectivity index (χ2n) is 3.49. The molecule has 0 saturated carbocycles. The number of hydrogen-bond donors (Lipinski definition) is 1. The van der Waals surface area contributed by atoms with Crippen LogP contribution in [0.1, 0.15) is 12.5 Å². The van der Waals surface area contributed by atoms with Crippen molar-refractivity contribution in [2.75, 3.05) is 4.72 Å². The Labute approximate surface area is 102 Å². The van der Waals surface area contributed by atoms with Crippen LogP contribution in [0.3, 0.4) is 0 Å². The molecule has 0 radical (unpaired) electrons. The highest BCUT2D eigenvalue weighted by atomic mass is 32.2. The highest BCUT2D eigenvalue weighted by Gasteiger charge is 2.30. The number of anilines is 1. The molecular weight excluding hydrogens is 269 g/mol. The molecule has 0 heterocycles. The largest absolute Gasteiger partial charge is 0.416 e. The summed E-state index contributed by atoms with van der Waals surface area (Å²) >= 11 is 0. The van der Waals surface area contributed by atoms with E-state index in [0.717, 1.165) is 24.3 Å². The van der Waals surface area contributed by atoms with Crippen molar-refractivity contribution < 1.29 is 21.6 Å². The van der Waals surface area contributed by atoms with Crippen molar-refractivity contribution in [1.29, 1.82) is 5.26 Å². The van der Waals surface area contributed by atoms with Gasteiger partial charge in [0.15, 0.2) is 5.25 Å². The van der Waals surface area contributed by atoms with Crippen LogP contribution < -0.4 is 4.72 Å². The fourth-order valence-electron chi connectivity index (χ4n) is 1.05. The average Bonchev–Trinajstić information content (AvgIpc) is 2.26. The number of nitrogens with one attached hydrogen (secondary N) is 1. The number of halogens is 3. The van der Waals surface area contributed by atoms with Gasteiger partial charge in [0.05, 0.1) is 11.6 Å². The van der Waals surface area contributed by atoms with Gasteiger partial charge in [-0.3, -0.25) is 4.72 Å². The van der Waals surface area contributed by atoms with Gasteiger partial charge in [-0.2, -0.15) is 18.4 Å². The lowest BCUT2D eigenvalue weighted by Gasteiger charge is -2.10. The van der Waals surface area contributed by atoms with Crippen LogP contribution in [-0.2, 0) is 16.2 Å². The molecule has 0 aliphatic rings. The van der Waals surface area contributed by atoms with Crippen molar-refractivity contribution in [3.63, 3.8) is 0 Å². The predicted octanol–water partition coefficient (Wildman–Crippen LogP) is 2.36. The average molecular weight is 278 g/mol. The minimum absolute atomic E-state index is 0.0231. The molecule has 0 amide bonds. The Morgan fingerprint density at radius 1 is 1.28 bits per heavy atom. The maximum absolute atomic E-state index is 12.3. The van der Waals surface area contributed by atoms with Gasteiger partial charge >= 0.3 is 6.18 Å². The number of rotatable bonds is 3. The van der Waals surface area contributed by atoms with E-state index in [1.165, 1.54) is 13.0 Å². The molecule has 0 aliphatic heterocycles. The normalized spacial score (nSPS) is 13.7. The summed E-state index contributed by atoms with van der Waals surface area (Å²) in [7, 11) is -3.90. The summed E-state index contributed by atoms with van der Waals surface area (Å²) in [5.41, 5.74) is -0.899. The topological polar surface area (TPSA) is 70.0 Å². The molecule has 0 aromatic heterocycles. The molecule has 0 bridgehead atoms. The second-order valence-corrected chi connectivity index (χ2v) is 5.49. The summed E-state index contributed by atoms with van der Waals surface area (Å²) in [6.45, 7) is 1.17. The van der Waals surface area contributed by atoms with Crippen LogP contribution in [0.4, 0.5) is 18.9 Å². The third-order valence-electron chi connectivity index (χ3n) is 2.12. The van der Waals surface area contributed by atoms with Gasteiger partial charge in [-0.1, -0.05) is 0 Å². The van der Waals surface area contributed by atoms with Crippen molar-refractivity contribution in [1.82, 2.24) is 0 Å². The van der Waals surface area contributed by atoms with E-state index in [2.05, 4.69) is 0 Å². The van der Waals surface area contributed by atoms with Crippen molar-refractivity contribution in [3.8, 4) is 6.07 Å². The fraction of sp³-hybridized carbons (Fsp3) is 0.300. The molecule has 4 nitrogen and oxygen atoms in total. The first-order valence-corrected chi connectivity index (χ1v) is 6.30. The second kappa shape index (κ2) is 4.86. The van der Waals surface area contributed by atoms with Gasteiger partial charge in [-0.15, -0.1) is 0 Å². The Morgan fingerprint density at radius 2 is 1.78 bits per heavy atom. The standard InChI is InChI=1S/C10H9F3N2O2S/c1-7(6-14)18(16,17)15-9-4-2-8(3-5-9)10(11,12)13/h2-5,7,15H,1H3. The molecular formula is C10H9F3N2O2S. The van der Waals surface area contributed by atoms with E-state index in [-0.39, 0.29) is 5.69 Å². The first-order valence-electron chi connectivity index (χ1n) is 4.75. The van der Waals surface area contributed by atoms with Gasteiger partial charge in [0.25, 0.3) is 0 Å². The molecule has 1 rings (SSSR count). The van der Waals surface area contributed by atoms with E-state index >= 15 is 0 Å². The smallest absolute Gasteiger partial charge is 0.282 e. The Bertz CT molecular complexity index is 558. The number of nitrogens with zero attached hydrogens (tertiary/aromatic N) is 1. The lowest BCUT2D eigenvalue weighted by atomic mass is 10.2. The van der Waals surface area contributed by atoms with E-state index in [9.17, 15) is 21.6 Å². The van der Waals surface area contributed by atoms with Crippen LogP contribution in [0.2, 0.25) is 0 Å². The first-order chi connectivity index (χ1) is 8.16. The molecule has 1 aromatic rings. The molecule has 1 unspecified atom stereocenters. The third-order valence-corrected chi connectivity index (χ3v) is 3.68. The van der Waals surface area contributed by atoms with Crippen LogP contribution >= 0.6 is 0 Å². The monoisotopic (exact) mass is 278 g/mol. The highest BCUT2D eigenvalue weighted by Crippen LogP contribution is 2.30. The molecule has 8 heteroatoms. The van der Waals surface area contributed by atoms with E-state index < -0.39 is 27.0 Å². The highest BCUT2D eigenvalue weighted by molar-refractivity contribution is 7.93. The van der Waals surface area contributed by atoms with Crippen LogP contribution in [0.25, 0.3) is 0 Å². The fourth-order valence-corrected chi connectivity index (χ4v) is 1.83. The number of benzene rings is 1. The molecule has 0 saturated heterocycles. The van der Waals surface area contributed by atoms with Gasteiger partial charge in [0.1, 0.15) is 0 Å². The molecule has 0 spiro atoms. The third kappa shape index (κ3) is 3.37. The molecule has 1 aromatic carbocycles. The molecule has 1 atom stereocenters. The maximum Gasteiger partial charge on any atom is 0.416 e. The minimum atomic E-state index is -4.47. The Morgan fingerprint density at radius 3 is 2.17 bits per heavy atom. The Balaban J connectivity index is 2.93. The SMILES string of the molecule is CC(C#N)S(=O)(=O)Nc1ccc(C(F)(F)F)cc1. The van der Waals surface area contributed by atoms with E-state index in [1.807, 2.05) is 4.72 Å². The molecule has 1 N–H and O–H groups in total. The summed E-state index contributed by atoms with van der Waals surface area (Å²) < 4.78 is 61.7. The number of sulfonamides is 1. The van der Waals surface area contributed by atoms with Gasteiger partial charge in [-0.25, -0.2) is 8.42 Å². The van der Waals surface area contributed by atoms with Crippen LogP contribution in [0, 0.1) is 11.3 Å². The Kier molecular flexibility index (Phi) is 3.86. The van der Waals surface area contributed by atoms with E-state index in [0.29, 0.717) is 0 Å². The van der Waals surface area contributed by atoms with Crippen LogP contribution in [-0.4, -0.2) is 13.7 Å². The van der Waals surface area contributed by atoms with E-state index in [1.54, 1.807) is 0 Å². The summed E-state index contributed by atoms with van der Waals surface area (Å²) in [6, 6.07) is 5.03. The summed E-state index contributed by atoms with van der Waals surface area (Å²) in [5.74, 6) is 0. The number of hydrogen-bond acceptors (Lipinski definition) is 3. The quantitative estimate of drug-likeness (QED) is 0.922. The van der Waals surface area contributed by atoms with Crippen molar-refractivity contribution in [2.24, 2.45) is 0 Å². The first kappa shape index (κ1) is 14.3. The zero-order valence-electron chi connectivity index (χ0n) is 9.19. The summed E-state index contributed by atoms with van der Waals surface area (Å²) in [4.78, 5) is 0. The van der Waals surface area contributed by atoms with Crippen molar-refractivity contribution >= 4 is 15.7 Å². The summed E-state index contributed by atoms with van der Waals surface area (Å²) in [6.07, 6.45) is -4.47. The lowest BCUT2D eigenvalue weighted by molar-refractivity contribution is -0.137. The molecule has 98 valence electrons. The van der Waals surface area contributed by atoms with Crippen molar-refractivity contribution in [3.05, 3.63) is 29.8 Å². The van der Waals surface area contributed by atoms with Crippen LogP contribution in [0.15, 0.2) is 24.3 Å². The van der Waals surface area contributed by atoms with Crippen LogP contribution in [0.5, 0.6) is 0 Å². The Hall–Kier alpha value is -1.75. The maximum atomic E-state index is 12.3. The number of nitriles is 1. The molecule has 0 fully saturated rings. The van der Waals surface area contributed by atoms with E-state index in [4.69, 9.17) is 5.26 Å². The molecule has 18 heavy (non-hydrogen) atoms. The summed E-state index contributed by atoms with van der Waals surface area (Å²) in [5, 5.41) is 7.19. The van der Waals surface area contributed by atoms with Gasteiger partial charge in [0, 0.05) is 5.69 Å². The van der Waals surface area contributed by atoms with Gasteiger partial charge in [-0.05, 0) is 31.2 Å². The van der Waals surface area contributed by atoms with Crippen molar-refractivity contribution in [2.45, 2.75) is 18.3 Å². The van der Waals surface area contributed by atoms with Gasteiger partial charge in [0.2, 0.25) is 10.0 Å². The zero-order valence-corrected chi connectivity index (χ0v) is 10.0. The predicted molar refractivity (Wildman–Crippen MR) is 59.1 cm³/mol. The molecule has 0 aliphatic carbocycles. The minimum Gasteiger partial charge on any atom is -0.282 e.